The first-order chi connectivity index (χ1) is 7.16. The third kappa shape index (κ3) is 2.76. The van der Waals surface area contributed by atoms with Crippen LogP contribution in [0.4, 0.5) is 0 Å². The van der Waals surface area contributed by atoms with Gasteiger partial charge in [0.15, 0.2) is 0 Å². The lowest BCUT2D eigenvalue weighted by atomic mass is 10.2. The van der Waals surface area contributed by atoms with E-state index in [-0.39, 0.29) is 12.0 Å². The number of aliphatic hydroxyl groups is 1. The molecule has 1 fully saturated rings. The molecule has 0 aliphatic heterocycles. The van der Waals surface area contributed by atoms with E-state index in [1.54, 1.807) is 6.20 Å². The van der Waals surface area contributed by atoms with Gasteiger partial charge in [0.2, 0.25) is 0 Å². The van der Waals surface area contributed by atoms with Gasteiger partial charge in [-0.25, -0.2) is 4.98 Å². The van der Waals surface area contributed by atoms with Gasteiger partial charge in [-0.1, -0.05) is 0 Å². The van der Waals surface area contributed by atoms with Crippen molar-refractivity contribution in [2.75, 3.05) is 6.54 Å². The Kier molecular flexibility index (Phi) is 3.02. The molecule has 5 heteroatoms. The lowest BCUT2D eigenvalue weighted by molar-refractivity contribution is 0.0905. The summed E-state index contributed by atoms with van der Waals surface area (Å²) in [6.45, 7) is 2.21. The molecule has 1 saturated carbocycles. The number of carbonyl (C=O) groups is 1. The summed E-state index contributed by atoms with van der Waals surface area (Å²) in [5.74, 6) is 0.258. The Morgan fingerprint density at radius 3 is 3.07 bits per heavy atom. The van der Waals surface area contributed by atoms with Gasteiger partial charge in [-0.3, -0.25) is 4.79 Å². The number of amides is 1. The summed E-state index contributed by atoms with van der Waals surface area (Å²) in [6, 6.07) is 0. The first kappa shape index (κ1) is 10.6. The normalized spacial score (nSPS) is 17.5. The van der Waals surface area contributed by atoms with Gasteiger partial charge in [-0.05, 0) is 25.7 Å². The molecule has 1 atom stereocenters. The van der Waals surface area contributed by atoms with Crippen LogP contribution in [0.15, 0.2) is 6.20 Å². The van der Waals surface area contributed by atoms with E-state index < -0.39 is 0 Å². The molecule has 0 bridgehead atoms. The van der Waals surface area contributed by atoms with Crippen LogP contribution in [0, 0.1) is 12.8 Å². The number of hydrogen-bond acceptors (Lipinski definition) is 4. The predicted molar refractivity (Wildman–Crippen MR) is 57.9 cm³/mol. The zero-order chi connectivity index (χ0) is 10.8. The molecule has 0 saturated heterocycles. The van der Waals surface area contributed by atoms with E-state index in [0.717, 1.165) is 17.8 Å². The van der Waals surface area contributed by atoms with Crippen LogP contribution in [-0.4, -0.2) is 28.6 Å². The molecule has 82 valence electrons. The van der Waals surface area contributed by atoms with E-state index in [4.69, 9.17) is 0 Å². The number of aromatic nitrogens is 1. The van der Waals surface area contributed by atoms with E-state index in [9.17, 15) is 9.90 Å². The largest absolute Gasteiger partial charge is 0.391 e. The first-order valence-electron chi connectivity index (χ1n) is 5.05. The van der Waals surface area contributed by atoms with Crippen molar-refractivity contribution < 1.29 is 9.90 Å². The number of aryl methyl sites for hydroxylation is 1. The van der Waals surface area contributed by atoms with E-state index in [0.29, 0.717) is 17.3 Å². The van der Waals surface area contributed by atoms with Crippen LogP contribution in [0.1, 0.15) is 27.5 Å². The van der Waals surface area contributed by atoms with Gasteiger partial charge in [0.05, 0.1) is 17.3 Å². The molecular weight excluding hydrogens is 212 g/mol. The fourth-order valence-corrected chi connectivity index (χ4v) is 2.09. The number of hydrogen-bond donors (Lipinski definition) is 2. The van der Waals surface area contributed by atoms with Gasteiger partial charge < -0.3 is 10.4 Å². The maximum Gasteiger partial charge on any atom is 0.263 e. The van der Waals surface area contributed by atoms with Crippen molar-refractivity contribution in [2.24, 2.45) is 5.92 Å². The van der Waals surface area contributed by atoms with Gasteiger partial charge in [-0.2, -0.15) is 0 Å². The SMILES string of the molecule is Cc1ncc(C(=O)NCC(O)C2CC2)s1. The van der Waals surface area contributed by atoms with Crippen molar-refractivity contribution in [3.63, 3.8) is 0 Å². The Morgan fingerprint density at radius 1 is 1.80 bits per heavy atom. The fourth-order valence-electron chi connectivity index (χ4n) is 1.40. The van der Waals surface area contributed by atoms with Gasteiger partial charge in [0, 0.05) is 6.54 Å². The van der Waals surface area contributed by atoms with Crippen LogP contribution in [0.25, 0.3) is 0 Å². The summed E-state index contributed by atoms with van der Waals surface area (Å²) >= 11 is 1.37. The smallest absolute Gasteiger partial charge is 0.263 e. The summed E-state index contributed by atoms with van der Waals surface area (Å²) in [5.41, 5.74) is 0. The van der Waals surface area contributed by atoms with Gasteiger partial charge in [-0.15, -0.1) is 11.3 Å². The third-order valence-corrected chi connectivity index (χ3v) is 3.39. The molecule has 0 spiro atoms. The Morgan fingerprint density at radius 2 is 2.53 bits per heavy atom. The zero-order valence-corrected chi connectivity index (χ0v) is 9.38. The highest BCUT2D eigenvalue weighted by Gasteiger charge is 2.29. The number of aliphatic hydroxyl groups excluding tert-OH is 1. The third-order valence-electron chi connectivity index (χ3n) is 2.48. The van der Waals surface area contributed by atoms with E-state index in [1.165, 1.54) is 11.3 Å². The second-order valence-electron chi connectivity index (χ2n) is 3.86. The first-order valence-corrected chi connectivity index (χ1v) is 5.87. The summed E-state index contributed by atoms with van der Waals surface area (Å²) < 4.78 is 0. The quantitative estimate of drug-likeness (QED) is 0.803. The Bertz CT molecular complexity index is 360. The highest BCUT2D eigenvalue weighted by molar-refractivity contribution is 7.13. The Hall–Kier alpha value is -0.940. The number of nitrogens with zero attached hydrogens (tertiary/aromatic N) is 1. The van der Waals surface area contributed by atoms with Gasteiger partial charge in [0.25, 0.3) is 5.91 Å². The molecule has 4 nitrogen and oxygen atoms in total. The molecule has 1 aromatic rings. The standard InChI is InChI=1S/C10H14N2O2S/c1-6-11-5-9(15-6)10(14)12-4-8(13)7-2-3-7/h5,7-8,13H,2-4H2,1H3,(H,12,14). The number of rotatable bonds is 4. The predicted octanol–water partition coefficient (Wildman–Crippen LogP) is 0.952. The van der Waals surface area contributed by atoms with E-state index in [2.05, 4.69) is 10.3 Å². The van der Waals surface area contributed by atoms with Crippen molar-refractivity contribution in [1.82, 2.24) is 10.3 Å². The fraction of sp³-hybridized carbons (Fsp3) is 0.600. The maximum atomic E-state index is 11.6. The number of carbonyl (C=O) groups excluding carboxylic acids is 1. The second kappa shape index (κ2) is 4.28. The molecule has 1 amide bonds. The summed E-state index contributed by atoms with van der Waals surface area (Å²) in [7, 11) is 0. The molecule has 15 heavy (non-hydrogen) atoms. The maximum absolute atomic E-state index is 11.6. The van der Waals surface area contributed by atoms with Crippen LogP contribution >= 0.6 is 11.3 Å². The van der Waals surface area contributed by atoms with Crippen LogP contribution in [0.5, 0.6) is 0 Å². The van der Waals surface area contributed by atoms with Crippen LogP contribution in [0.2, 0.25) is 0 Å². The van der Waals surface area contributed by atoms with Crippen molar-refractivity contribution in [3.8, 4) is 0 Å². The zero-order valence-electron chi connectivity index (χ0n) is 8.56. The minimum absolute atomic E-state index is 0.139. The molecule has 1 heterocycles. The Labute approximate surface area is 92.3 Å². The van der Waals surface area contributed by atoms with Gasteiger partial charge in [0.1, 0.15) is 4.88 Å². The minimum atomic E-state index is -0.386. The average Bonchev–Trinajstić information content (AvgIpc) is 2.97. The minimum Gasteiger partial charge on any atom is -0.391 e. The molecule has 0 radical (unpaired) electrons. The van der Waals surface area contributed by atoms with Gasteiger partial charge >= 0.3 is 0 Å². The van der Waals surface area contributed by atoms with Crippen LogP contribution < -0.4 is 5.32 Å². The lowest BCUT2D eigenvalue weighted by Crippen LogP contribution is -2.32. The molecule has 2 N–H and O–H groups in total. The van der Waals surface area contributed by atoms with Crippen LogP contribution in [0.3, 0.4) is 0 Å². The molecular formula is C10H14N2O2S. The van der Waals surface area contributed by atoms with Crippen molar-refractivity contribution >= 4 is 17.2 Å². The lowest BCUT2D eigenvalue weighted by Gasteiger charge is -2.09. The van der Waals surface area contributed by atoms with Crippen LogP contribution in [-0.2, 0) is 0 Å². The van der Waals surface area contributed by atoms with E-state index in [1.807, 2.05) is 6.92 Å². The second-order valence-corrected chi connectivity index (χ2v) is 5.09. The molecule has 1 unspecified atom stereocenters. The average molecular weight is 226 g/mol. The summed E-state index contributed by atoms with van der Waals surface area (Å²) in [6.07, 6.45) is 3.34. The van der Waals surface area contributed by atoms with E-state index >= 15 is 0 Å². The van der Waals surface area contributed by atoms with Crippen molar-refractivity contribution in [3.05, 3.63) is 16.1 Å². The number of nitrogens with one attached hydrogen (secondary N) is 1. The monoisotopic (exact) mass is 226 g/mol. The number of thiazole rings is 1. The highest BCUT2D eigenvalue weighted by Crippen LogP contribution is 2.32. The van der Waals surface area contributed by atoms with Crippen molar-refractivity contribution in [2.45, 2.75) is 25.9 Å². The topological polar surface area (TPSA) is 62.2 Å². The van der Waals surface area contributed by atoms with Crippen molar-refractivity contribution in [1.29, 1.82) is 0 Å². The molecule has 0 aromatic carbocycles. The Balaban J connectivity index is 1.81. The summed E-state index contributed by atoms with van der Waals surface area (Å²) in [4.78, 5) is 16.2. The molecule has 1 aromatic heterocycles. The molecule has 1 aliphatic carbocycles. The molecule has 2 rings (SSSR count). The highest BCUT2D eigenvalue weighted by atomic mass is 32.1. The molecule has 1 aliphatic rings. The summed E-state index contributed by atoms with van der Waals surface area (Å²) in [5, 5.41) is 13.2.